The second kappa shape index (κ2) is 5.15. The molecule has 0 aromatic carbocycles. The van der Waals surface area contributed by atoms with Crippen LogP contribution < -0.4 is 5.43 Å². The van der Waals surface area contributed by atoms with Gasteiger partial charge in [-0.15, -0.1) is 0 Å². The molecular formula is C12H24N2O2. The van der Waals surface area contributed by atoms with E-state index in [1.165, 1.54) is 19.3 Å². The van der Waals surface area contributed by atoms with Crippen molar-refractivity contribution < 1.29 is 9.90 Å². The van der Waals surface area contributed by atoms with Gasteiger partial charge in [-0.1, -0.05) is 6.42 Å². The summed E-state index contributed by atoms with van der Waals surface area (Å²) in [4.78, 5) is 11.0. The topological polar surface area (TPSA) is 52.6 Å². The lowest BCUT2D eigenvalue weighted by Crippen LogP contribution is -2.55. The standard InChI is InChI=1S/C12H24N2O2/c1-9-6-5-7-10(2)14(9)13-8-12(3,4)11(15)16/h9-10,13H,5-8H2,1-4H3,(H,15,16). The van der Waals surface area contributed by atoms with Crippen LogP contribution in [0.4, 0.5) is 0 Å². The first kappa shape index (κ1) is 13.5. The van der Waals surface area contributed by atoms with E-state index >= 15 is 0 Å². The third-order valence-electron chi connectivity index (χ3n) is 3.48. The van der Waals surface area contributed by atoms with Crippen LogP contribution in [0.3, 0.4) is 0 Å². The number of carbonyl (C=O) groups is 1. The van der Waals surface area contributed by atoms with E-state index < -0.39 is 11.4 Å². The molecule has 2 unspecified atom stereocenters. The highest BCUT2D eigenvalue weighted by molar-refractivity contribution is 5.73. The third kappa shape index (κ3) is 3.19. The number of hydrogen-bond acceptors (Lipinski definition) is 3. The number of hydrazine groups is 1. The van der Waals surface area contributed by atoms with E-state index in [4.69, 9.17) is 5.11 Å². The zero-order chi connectivity index (χ0) is 12.3. The molecule has 0 aromatic rings. The molecule has 2 atom stereocenters. The summed E-state index contributed by atoms with van der Waals surface area (Å²) >= 11 is 0. The summed E-state index contributed by atoms with van der Waals surface area (Å²) in [6.45, 7) is 8.37. The molecule has 1 rings (SSSR count). The predicted molar refractivity (Wildman–Crippen MR) is 64.0 cm³/mol. The normalized spacial score (nSPS) is 28.0. The van der Waals surface area contributed by atoms with Crippen molar-refractivity contribution in [3.05, 3.63) is 0 Å². The van der Waals surface area contributed by atoms with Gasteiger partial charge in [0.1, 0.15) is 0 Å². The SMILES string of the molecule is CC1CCCC(C)N1NCC(C)(C)C(=O)O. The van der Waals surface area contributed by atoms with Crippen LogP contribution >= 0.6 is 0 Å². The number of nitrogens with one attached hydrogen (secondary N) is 1. The van der Waals surface area contributed by atoms with E-state index in [2.05, 4.69) is 24.3 Å². The van der Waals surface area contributed by atoms with Gasteiger partial charge in [0.05, 0.1) is 5.41 Å². The van der Waals surface area contributed by atoms with E-state index in [-0.39, 0.29) is 0 Å². The monoisotopic (exact) mass is 228 g/mol. The highest BCUT2D eigenvalue weighted by Crippen LogP contribution is 2.21. The Morgan fingerprint density at radius 3 is 2.31 bits per heavy atom. The van der Waals surface area contributed by atoms with E-state index in [9.17, 15) is 4.79 Å². The highest BCUT2D eigenvalue weighted by atomic mass is 16.4. The second-order valence-electron chi connectivity index (χ2n) is 5.56. The lowest BCUT2D eigenvalue weighted by Gasteiger charge is -2.40. The number of piperidine rings is 1. The fourth-order valence-electron chi connectivity index (χ4n) is 2.10. The van der Waals surface area contributed by atoms with Crippen molar-refractivity contribution in [2.24, 2.45) is 5.41 Å². The summed E-state index contributed by atoms with van der Waals surface area (Å²) in [5.74, 6) is -0.752. The molecule has 1 fully saturated rings. The van der Waals surface area contributed by atoms with Crippen LogP contribution in [0, 0.1) is 5.41 Å². The van der Waals surface area contributed by atoms with Crippen molar-refractivity contribution in [2.75, 3.05) is 6.54 Å². The molecule has 4 nitrogen and oxygen atoms in total. The Morgan fingerprint density at radius 1 is 1.38 bits per heavy atom. The summed E-state index contributed by atoms with van der Waals surface area (Å²) in [6, 6.07) is 0.988. The van der Waals surface area contributed by atoms with Crippen LogP contribution in [0.25, 0.3) is 0 Å². The zero-order valence-corrected chi connectivity index (χ0v) is 10.8. The van der Waals surface area contributed by atoms with Gasteiger partial charge >= 0.3 is 5.97 Å². The summed E-state index contributed by atoms with van der Waals surface area (Å²) < 4.78 is 0. The van der Waals surface area contributed by atoms with Crippen LogP contribution in [0.2, 0.25) is 0 Å². The van der Waals surface area contributed by atoms with Gasteiger partial charge in [-0.05, 0) is 40.5 Å². The Kier molecular flexibility index (Phi) is 4.33. The van der Waals surface area contributed by atoms with E-state index in [1.54, 1.807) is 13.8 Å². The van der Waals surface area contributed by atoms with Crippen molar-refractivity contribution >= 4 is 5.97 Å². The number of carboxylic acids is 1. The lowest BCUT2D eigenvalue weighted by atomic mass is 9.94. The highest BCUT2D eigenvalue weighted by Gasteiger charge is 2.30. The average Bonchev–Trinajstić information content (AvgIpc) is 2.16. The summed E-state index contributed by atoms with van der Waals surface area (Å²) in [6.07, 6.45) is 3.64. The minimum absolute atomic E-state index is 0.483. The van der Waals surface area contributed by atoms with Gasteiger partial charge in [-0.2, -0.15) is 0 Å². The van der Waals surface area contributed by atoms with Gasteiger partial charge in [0.25, 0.3) is 0 Å². The summed E-state index contributed by atoms with van der Waals surface area (Å²) in [5.41, 5.74) is 2.58. The molecule has 16 heavy (non-hydrogen) atoms. The van der Waals surface area contributed by atoms with Gasteiger partial charge in [-0.3, -0.25) is 10.2 Å². The summed E-state index contributed by atoms with van der Waals surface area (Å²) in [5, 5.41) is 11.3. The molecular weight excluding hydrogens is 204 g/mol. The first-order valence-electron chi connectivity index (χ1n) is 6.10. The Hall–Kier alpha value is -0.610. The largest absolute Gasteiger partial charge is 0.481 e. The maximum Gasteiger partial charge on any atom is 0.310 e. The molecule has 0 aromatic heterocycles. The second-order valence-corrected chi connectivity index (χ2v) is 5.56. The van der Waals surface area contributed by atoms with Gasteiger partial charge in [0, 0.05) is 18.6 Å². The maximum absolute atomic E-state index is 11.0. The fourth-order valence-corrected chi connectivity index (χ4v) is 2.10. The quantitative estimate of drug-likeness (QED) is 0.771. The van der Waals surface area contributed by atoms with Gasteiger partial charge in [0.2, 0.25) is 0 Å². The minimum Gasteiger partial charge on any atom is -0.481 e. The molecule has 1 heterocycles. The van der Waals surface area contributed by atoms with Gasteiger partial charge in [0.15, 0.2) is 0 Å². The Labute approximate surface area is 98.0 Å². The minimum atomic E-state index is -0.752. The van der Waals surface area contributed by atoms with Crippen molar-refractivity contribution in [3.8, 4) is 0 Å². The van der Waals surface area contributed by atoms with Crippen LogP contribution in [-0.4, -0.2) is 34.7 Å². The smallest absolute Gasteiger partial charge is 0.310 e. The van der Waals surface area contributed by atoms with Crippen molar-refractivity contribution in [2.45, 2.75) is 59.0 Å². The molecule has 0 saturated carbocycles. The van der Waals surface area contributed by atoms with Crippen LogP contribution in [0.5, 0.6) is 0 Å². The van der Waals surface area contributed by atoms with Gasteiger partial charge in [-0.25, -0.2) is 5.01 Å². The van der Waals surface area contributed by atoms with Crippen molar-refractivity contribution in [1.29, 1.82) is 0 Å². The van der Waals surface area contributed by atoms with Crippen LogP contribution in [0.15, 0.2) is 0 Å². The zero-order valence-electron chi connectivity index (χ0n) is 10.8. The van der Waals surface area contributed by atoms with Crippen LogP contribution in [0.1, 0.15) is 47.0 Å². The van der Waals surface area contributed by atoms with Crippen molar-refractivity contribution in [1.82, 2.24) is 10.4 Å². The first-order valence-corrected chi connectivity index (χ1v) is 6.10. The summed E-state index contributed by atoms with van der Waals surface area (Å²) in [7, 11) is 0. The number of aliphatic carboxylic acids is 1. The van der Waals surface area contributed by atoms with E-state index in [1.807, 2.05) is 0 Å². The molecule has 4 heteroatoms. The van der Waals surface area contributed by atoms with E-state index in [0.717, 1.165) is 0 Å². The number of nitrogens with zero attached hydrogens (tertiary/aromatic N) is 1. The molecule has 2 N–H and O–H groups in total. The van der Waals surface area contributed by atoms with Gasteiger partial charge < -0.3 is 5.11 Å². The third-order valence-corrected chi connectivity index (χ3v) is 3.48. The average molecular weight is 228 g/mol. The molecule has 1 saturated heterocycles. The first-order chi connectivity index (χ1) is 7.34. The molecule has 94 valence electrons. The number of hydrogen-bond donors (Lipinski definition) is 2. The molecule has 0 spiro atoms. The van der Waals surface area contributed by atoms with Crippen molar-refractivity contribution in [3.63, 3.8) is 0 Å². The Balaban J connectivity index is 2.50. The molecule has 0 radical (unpaired) electrons. The molecule has 1 aliphatic rings. The molecule has 0 amide bonds. The number of carboxylic acid groups (broad SMARTS) is 1. The number of rotatable bonds is 4. The molecule has 1 aliphatic heterocycles. The Morgan fingerprint density at radius 2 is 1.88 bits per heavy atom. The maximum atomic E-state index is 11.0. The van der Waals surface area contributed by atoms with Crippen LogP contribution in [-0.2, 0) is 4.79 Å². The molecule has 0 bridgehead atoms. The predicted octanol–water partition coefficient (Wildman–Crippen LogP) is 1.86. The Bertz CT molecular complexity index is 243. The van der Waals surface area contributed by atoms with E-state index in [0.29, 0.717) is 18.6 Å². The fraction of sp³-hybridized carbons (Fsp3) is 0.917. The lowest BCUT2D eigenvalue weighted by molar-refractivity contribution is -0.147. The molecule has 0 aliphatic carbocycles.